The summed E-state index contributed by atoms with van der Waals surface area (Å²) in [4.78, 5) is 14.8. The van der Waals surface area contributed by atoms with Gasteiger partial charge in [-0.1, -0.05) is 53.2 Å². The van der Waals surface area contributed by atoms with E-state index in [2.05, 4.69) is 40.7 Å². The molecule has 2 heterocycles. The first-order chi connectivity index (χ1) is 27.8. The Morgan fingerprint density at radius 2 is 1.38 bits per heavy atom. The van der Waals surface area contributed by atoms with Gasteiger partial charge in [-0.15, -0.1) is 0 Å². The predicted octanol–water partition coefficient (Wildman–Crippen LogP) is 1.12. The van der Waals surface area contributed by atoms with Crippen molar-refractivity contribution in [2.45, 2.75) is 173 Å². The smallest absolute Gasteiger partial charge is 0.397 e. The molecule has 6 fully saturated rings. The monoisotopic (exact) mass is 876 g/mol. The fourth-order valence-electron chi connectivity index (χ4n) is 13.6. The van der Waals surface area contributed by atoms with E-state index >= 15 is 0 Å². The van der Waals surface area contributed by atoms with Crippen molar-refractivity contribution in [2.24, 2.45) is 50.2 Å². The van der Waals surface area contributed by atoms with Crippen molar-refractivity contribution in [1.82, 2.24) is 0 Å². The highest BCUT2D eigenvalue weighted by atomic mass is 32.3. The van der Waals surface area contributed by atoms with Gasteiger partial charge in [0.15, 0.2) is 6.29 Å². The van der Waals surface area contributed by atoms with Gasteiger partial charge in [0.2, 0.25) is 6.29 Å². The third-order valence-electron chi connectivity index (χ3n) is 17.5. The number of fused-ring (bicyclic) bond motifs is 7. The maximum absolute atomic E-state index is 14.8. The molecule has 3 unspecified atom stereocenters. The number of rotatable bonds is 9. The van der Waals surface area contributed by atoms with Gasteiger partial charge < -0.3 is 59.8 Å². The van der Waals surface area contributed by atoms with Crippen LogP contribution < -0.4 is 0 Å². The number of carbonyl (C=O) groups excluding carboxylic acids is 1. The molecule has 4 saturated carbocycles. The third kappa shape index (κ3) is 7.43. The molecule has 2 saturated heterocycles. The Morgan fingerprint density at radius 3 is 2.03 bits per heavy atom. The highest BCUT2D eigenvalue weighted by Gasteiger charge is 2.70. The number of aliphatic hydroxyl groups excluding tert-OH is 8. The summed E-state index contributed by atoms with van der Waals surface area (Å²) < 4.78 is 60.8. The van der Waals surface area contributed by atoms with E-state index < -0.39 is 108 Å². The van der Waals surface area contributed by atoms with E-state index in [0.29, 0.717) is 44.9 Å². The van der Waals surface area contributed by atoms with Gasteiger partial charge in [0.05, 0.1) is 31.3 Å². The first-order valence-corrected chi connectivity index (χ1v) is 23.0. The molecule has 60 heavy (non-hydrogen) atoms. The van der Waals surface area contributed by atoms with Crippen LogP contribution in [0.5, 0.6) is 0 Å². The summed E-state index contributed by atoms with van der Waals surface area (Å²) in [5.41, 5.74) is -1.67. The van der Waals surface area contributed by atoms with Crippen molar-refractivity contribution in [2.75, 3.05) is 19.8 Å². The van der Waals surface area contributed by atoms with Crippen LogP contribution in [-0.2, 0) is 38.3 Å². The molecule has 2 aliphatic heterocycles. The Labute approximate surface area is 352 Å². The van der Waals surface area contributed by atoms with Gasteiger partial charge in [-0.3, -0.25) is 9.35 Å². The first kappa shape index (κ1) is 46.6. The van der Waals surface area contributed by atoms with Crippen molar-refractivity contribution in [3.63, 3.8) is 0 Å². The maximum Gasteiger partial charge on any atom is 0.397 e. The SMILES string of the molecule is CC1(C)CC[C@]2(C(=O)O[C@@H]3O[C@H](CO[C@@H]4O[C@H](CO)[C@@H](O)[C@H](O)[C@H]4O)[C@@H](O)[C@H](O)[C@H]3O)CCC3(C)C(=CCC4[C@@]5(C)CC[C@H](O)[C@@](C)(COS(=O)(=O)O)C5CC[C@]43C)[C@@H]2C1. The molecule has 0 amide bonds. The van der Waals surface area contributed by atoms with E-state index in [1.165, 1.54) is 5.57 Å². The number of carbonyl (C=O) groups is 1. The topological polar surface area (TPSA) is 279 Å². The van der Waals surface area contributed by atoms with Gasteiger partial charge in [0.25, 0.3) is 0 Å². The van der Waals surface area contributed by atoms with E-state index in [1.54, 1.807) is 0 Å². The molecule has 17 nitrogen and oxygen atoms in total. The molecule has 9 N–H and O–H groups in total. The van der Waals surface area contributed by atoms with E-state index in [4.69, 9.17) is 23.1 Å². The zero-order valence-electron chi connectivity index (χ0n) is 35.6. The molecule has 19 atom stereocenters. The van der Waals surface area contributed by atoms with Gasteiger partial charge in [0, 0.05) is 5.41 Å². The molecule has 0 aromatic rings. The minimum absolute atomic E-state index is 0.0828. The quantitative estimate of drug-likeness (QED) is 0.0892. The lowest BCUT2D eigenvalue weighted by Gasteiger charge is -2.71. The van der Waals surface area contributed by atoms with Gasteiger partial charge in [-0.2, -0.15) is 8.42 Å². The molecule has 344 valence electrons. The molecule has 0 aromatic heterocycles. The van der Waals surface area contributed by atoms with Gasteiger partial charge in [0.1, 0.15) is 48.8 Å². The molecule has 5 aliphatic carbocycles. The molecule has 18 heteroatoms. The Morgan fingerprint density at radius 1 is 0.767 bits per heavy atom. The molecule has 0 bridgehead atoms. The van der Waals surface area contributed by atoms with E-state index in [0.717, 1.165) is 19.3 Å². The van der Waals surface area contributed by atoms with Crippen LogP contribution in [0.1, 0.15) is 106 Å². The predicted molar refractivity (Wildman–Crippen MR) is 209 cm³/mol. The number of allylic oxidation sites excluding steroid dienone is 2. The second-order valence-electron chi connectivity index (χ2n) is 21.1. The largest absolute Gasteiger partial charge is 0.432 e. The van der Waals surface area contributed by atoms with E-state index in [1.807, 2.05) is 6.92 Å². The van der Waals surface area contributed by atoms with Crippen LogP contribution in [0.4, 0.5) is 0 Å². The number of ether oxygens (including phenoxy) is 4. The van der Waals surface area contributed by atoms with Gasteiger partial charge in [-0.25, -0.2) is 4.18 Å². The lowest BCUT2D eigenvalue weighted by Crippen LogP contribution is -2.66. The van der Waals surface area contributed by atoms with Gasteiger partial charge in [-0.05, 0) is 104 Å². The summed E-state index contributed by atoms with van der Waals surface area (Å²) >= 11 is 0. The molecule has 0 radical (unpaired) electrons. The number of hydrogen-bond donors (Lipinski definition) is 9. The zero-order valence-corrected chi connectivity index (χ0v) is 36.4. The second kappa shape index (κ2) is 16.0. The van der Waals surface area contributed by atoms with Crippen LogP contribution in [0.2, 0.25) is 0 Å². The van der Waals surface area contributed by atoms with Crippen molar-refractivity contribution in [3.05, 3.63) is 11.6 Å². The van der Waals surface area contributed by atoms with Crippen LogP contribution in [0, 0.1) is 50.2 Å². The van der Waals surface area contributed by atoms with Crippen LogP contribution in [0.15, 0.2) is 11.6 Å². The van der Waals surface area contributed by atoms with Crippen molar-refractivity contribution in [3.8, 4) is 0 Å². The average molecular weight is 877 g/mol. The number of hydrogen-bond acceptors (Lipinski definition) is 16. The zero-order chi connectivity index (χ0) is 44.2. The highest BCUT2D eigenvalue weighted by molar-refractivity contribution is 7.80. The summed E-state index contributed by atoms with van der Waals surface area (Å²) in [7, 11) is -4.72. The van der Waals surface area contributed by atoms with Crippen LogP contribution in [0.25, 0.3) is 0 Å². The Hall–Kier alpha value is -1.36. The second-order valence-corrected chi connectivity index (χ2v) is 22.2. The number of aliphatic hydroxyl groups is 8. The molecule has 0 aromatic carbocycles. The summed E-state index contributed by atoms with van der Waals surface area (Å²) in [5.74, 6) is -0.724. The molecule has 0 spiro atoms. The molecule has 7 rings (SSSR count). The first-order valence-electron chi connectivity index (χ1n) is 21.6. The van der Waals surface area contributed by atoms with Crippen LogP contribution in [0.3, 0.4) is 0 Å². The molecular formula is C42H68O17S. The fraction of sp³-hybridized carbons (Fsp3) is 0.929. The van der Waals surface area contributed by atoms with Crippen LogP contribution in [-0.4, -0.2) is 147 Å². The maximum atomic E-state index is 14.8. The van der Waals surface area contributed by atoms with Crippen molar-refractivity contribution >= 4 is 16.4 Å². The highest BCUT2D eigenvalue weighted by Crippen LogP contribution is 2.76. The summed E-state index contributed by atoms with van der Waals surface area (Å²) in [6.07, 6.45) is -8.27. The fourth-order valence-corrected chi connectivity index (χ4v) is 14.0. The normalized spacial score (nSPS) is 51.5. The summed E-state index contributed by atoms with van der Waals surface area (Å²) in [6.45, 7) is 11.6. The third-order valence-corrected chi connectivity index (χ3v) is 17.9. The standard InChI is InChI=1S/C42H68O17S/c1-37(2)13-15-42(36(51)59-35-33(50)31(48)29(46)24(58-35)19-55-34-32(49)30(47)28(45)23(18-43)57-34)16-14-40(5)21(22(42)17-37)7-8-26-38(3)11-10-27(44)39(4,20-56-60(52,53)54)25(38)9-12-41(26,40)6/h7,22-35,43-50H,8-20H2,1-6H3,(H,52,53,54)/t22-,23+,24+,25?,26?,27-,28+,29+,30-,31-,32+,33+,34+,35-,38-,39-,40?,41+,42-/m0/s1. The molecular weight excluding hydrogens is 809 g/mol. The van der Waals surface area contributed by atoms with Crippen LogP contribution >= 0.6 is 0 Å². The average Bonchev–Trinajstić information content (AvgIpc) is 3.18. The summed E-state index contributed by atoms with van der Waals surface area (Å²) in [5, 5.41) is 84.5. The minimum Gasteiger partial charge on any atom is -0.432 e. The summed E-state index contributed by atoms with van der Waals surface area (Å²) in [6, 6.07) is 0. The molecule has 7 aliphatic rings. The Balaban J connectivity index is 1.13. The van der Waals surface area contributed by atoms with E-state index in [-0.39, 0.29) is 46.0 Å². The van der Waals surface area contributed by atoms with Crippen molar-refractivity contribution < 1.29 is 81.7 Å². The van der Waals surface area contributed by atoms with Crippen molar-refractivity contribution in [1.29, 1.82) is 0 Å². The Kier molecular flexibility index (Phi) is 12.4. The lowest BCUT2D eigenvalue weighted by atomic mass is 9.33. The minimum atomic E-state index is -4.72. The lowest BCUT2D eigenvalue weighted by molar-refractivity contribution is -0.328. The van der Waals surface area contributed by atoms with Gasteiger partial charge >= 0.3 is 16.4 Å². The van der Waals surface area contributed by atoms with E-state index in [9.17, 15) is 58.6 Å². The Bertz CT molecular complexity index is 1760. The number of esters is 1.